The number of hydrogen-bond donors (Lipinski definition) is 1. The number of aryl methyl sites for hydroxylation is 1. The predicted molar refractivity (Wildman–Crippen MR) is 131 cm³/mol. The van der Waals surface area contributed by atoms with Gasteiger partial charge in [-0.15, -0.1) is 0 Å². The molecule has 1 unspecified atom stereocenters. The summed E-state index contributed by atoms with van der Waals surface area (Å²) in [7, 11) is -3.06. The van der Waals surface area contributed by atoms with Gasteiger partial charge in [-0.1, -0.05) is 36.4 Å². The van der Waals surface area contributed by atoms with Gasteiger partial charge in [0.15, 0.2) is 15.5 Å². The highest BCUT2D eigenvalue weighted by atomic mass is 32.2. The Bertz CT molecular complexity index is 1620. The molecule has 0 bridgehead atoms. The summed E-state index contributed by atoms with van der Waals surface area (Å²) in [5.74, 6) is -0.307. The molecule has 5 rings (SSSR count). The van der Waals surface area contributed by atoms with Crippen LogP contribution in [0.4, 0.5) is 5.69 Å². The van der Waals surface area contributed by atoms with Crippen molar-refractivity contribution >= 4 is 49.3 Å². The lowest BCUT2D eigenvalue weighted by molar-refractivity contribution is -0.112. The Kier molecular flexibility index (Phi) is 5.38. The van der Waals surface area contributed by atoms with Crippen molar-refractivity contribution in [1.29, 1.82) is 5.26 Å². The maximum atomic E-state index is 12.9. The molecule has 8 nitrogen and oxygen atoms in total. The number of carbonyl (C=O) groups is 1. The van der Waals surface area contributed by atoms with Crippen molar-refractivity contribution in [3.63, 3.8) is 0 Å². The van der Waals surface area contributed by atoms with Crippen LogP contribution >= 0.6 is 0 Å². The minimum atomic E-state index is -3.06. The Balaban J connectivity index is 1.45. The quantitative estimate of drug-likeness (QED) is 0.357. The summed E-state index contributed by atoms with van der Waals surface area (Å²) in [6.45, 7) is 1.83. The summed E-state index contributed by atoms with van der Waals surface area (Å²) in [6, 6.07) is 16.8. The van der Waals surface area contributed by atoms with Crippen LogP contribution in [0.15, 0.2) is 60.3 Å². The number of carbonyl (C=O) groups excluding carboxylic acids is 1. The third-order valence-electron chi connectivity index (χ3n) is 6.02. The van der Waals surface area contributed by atoms with E-state index in [1.807, 2.05) is 55.5 Å². The summed E-state index contributed by atoms with van der Waals surface area (Å²) in [5, 5.41) is 19.6. The van der Waals surface area contributed by atoms with E-state index in [-0.39, 0.29) is 23.1 Å². The number of sulfone groups is 1. The number of rotatable bonds is 4. The second-order valence-corrected chi connectivity index (χ2v) is 10.6. The number of nitrogens with one attached hydrogen (secondary N) is 1. The summed E-state index contributed by atoms with van der Waals surface area (Å²) in [6.07, 6.45) is 3.56. The number of amides is 1. The van der Waals surface area contributed by atoms with Gasteiger partial charge in [-0.2, -0.15) is 10.4 Å². The van der Waals surface area contributed by atoms with Crippen molar-refractivity contribution in [2.24, 2.45) is 0 Å². The molecule has 1 fully saturated rings. The molecule has 1 amide bonds. The number of pyridine rings is 1. The van der Waals surface area contributed by atoms with Crippen molar-refractivity contribution in [3.8, 4) is 6.07 Å². The van der Waals surface area contributed by atoms with E-state index < -0.39 is 15.7 Å². The van der Waals surface area contributed by atoms with Crippen molar-refractivity contribution in [2.45, 2.75) is 19.4 Å². The van der Waals surface area contributed by atoms with Crippen LogP contribution < -0.4 is 5.32 Å². The average molecular weight is 472 g/mol. The van der Waals surface area contributed by atoms with E-state index in [1.54, 1.807) is 16.9 Å². The molecule has 0 spiro atoms. The molecule has 1 atom stereocenters. The topological polar surface area (TPSA) is 118 Å². The Morgan fingerprint density at radius 1 is 1.21 bits per heavy atom. The van der Waals surface area contributed by atoms with Crippen LogP contribution in [0.2, 0.25) is 0 Å². The van der Waals surface area contributed by atoms with Crippen LogP contribution in [-0.4, -0.2) is 40.6 Å². The van der Waals surface area contributed by atoms with Gasteiger partial charge in [-0.05, 0) is 42.5 Å². The van der Waals surface area contributed by atoms with Gasteiger partial charge >= 0.3 is 0 Å². The van der Waals surface area contributed by atoms with Crippen LogP contribution in [0.1, 0.15) is 23.7 Å². The van der Waals surface area contributed by atoms with E-state index in [1.165, 1.54) is 6.08 Å². The molecular weight excluding hydrogens is 450 g/mol. The van der Waals surface area contributed by atoms with Gasteiger partial charge in [0, 0.05) is 22.7 Å². The zero-order chi connectivity index (χ0) is 23.9. The highest BCUT2D eigenvalue weighted by Crippen LogP contribution is 2.28. The van der Waals surface area contributed by atoms with Crippen molar-refractivity contribution in [3.05, 3.63) is 71.6 Å². The van der Waals surface area contributed by atoms with Crippen LogP contribution in [0, 0.1) is 18.3 Å². The molecule has 170 valence electrons. The number of fused-ring (bicyclic) bond motifs is 2. The van der Waals surface area contributed by atoms with Gasteiger partial charge in [0.05, 0.1) is 23.2 Å². The second-order valence-electron chi connectivity index (χ2n) is 8.38. The van der Waals surface area contributed by atoms with E-state index in [0.29, 0.717) is 29.0 Å². The fraction of sp³-hybridized carbons (Fsp3) is 0.200. The minimum Gasteiger partial charge on any atom is -0.321 e. The molecule has 1 aliphatic rings. The standard InChI is InChI=1S/C25H21N5O3S/c1-16-22-12-17(14-27-24(22)30(29-16)20-9-10-34(32,33)15-20)11-19(13-26)25(31)28-23-8-4-6-18-5-2-3-7-21(18)23/h2-8,11-12,14,20H,9-10,15H2,1H3,(H,28,31). The smallest absolute Gasteiger partial charge is 0.266 e. The van der Waals surface area contributed by atoms with E-state index >= 15 is 0 Å². The Morgan fingerprint density at radius 2 is 2.00 bits per heavy atom. The predicted octanol–water partition coefficient (Wildman–Crippen LogP) is 3.80. The Morgan fingerprint density at radius 3 is 2.76 bits per heavy atom. The molecule has 34 heavy (non-hydrogen) atoms. The van der Waals surface area contributed by atoms with Gasteiger partial charge in [-0.25, -0.2) is 18.1 Å². The summed E-state index contributed by atoms with van der Waals surface area (Å²) in [5.41, 5.74) is 2.46. The van der Waals surface area contributed by atoms with Crippen LogP contribution in [-0.2, 0) is 14.6 Å². The Hall–Kier alpha value is -4.03. The molecule has 9 heteroatoms. The molecule has 2 aromatic heterocycles. The highest BCUT2D eigenvalue weighted by molar-refractivity contribution is 7.91. The van der Waals surface area contributed by atoms with E-state index in [2.05, 4.69) is 15.4 Å². The largest absolute Gasteiger partial charge is 0.321 e. The van der Waals surface area contributed by atoms with Crippen molar-refractivity contribution in [1.82, 2.24) is 14.8 Å². The first-order valence-corrected chi connectivity index (χ1v) is 12.6. The zero-order valence-corrected chi connectivity index (χ0v) is 19.2. The zero-order valence-electron chi connectivity index (χ0n) is 18.4. The van der Waals surface area contributed by atoms with Crippen molar-refractivity contribution < 1.29 is 13.2 Å². The third-order valence-corrected chi connectivity index (χ3v) is 7.77. The van der Waals surface area contributed by atoms with Gasteiger partial charge in [0.25, 0.3) is 5.91 Å². The number of nitriles is 1. The number of nitrogens with zero attached hydrogens (tertiary/aromatic N) is 4. The molecule has 0 aliphatic carbocycles. The summed E-state index contributed by atoms with van der Waals surface area (Å²) < 4.78 is 25.5. The second kappa shape index (κ2) is 8.39. The molecule has 0 radical (unpaired) electrons. The summed E-state index contributed by atoms with van der Waals surface area (Å²) >= 11 is 0. The first kappa shape index (κ1) is 21.8. The molecule has 1 saturated heterocycles. The molecule has 3 heterocycles. The number of benzene rings is 2. The molecule has 2 aromatic carbocycles. The van der Waals surface area contributed by atoms with Crippen LogP contribution in [0.25, 0.3) is 27.9 Å². The lowest BCUT2D eigenvalue weighted by Crippen LogP contribution is -2.13. The molecule has 1 N–H and O–H groups in total. The molecular formula is C25H21N5O3S. The highest BCUT2D eigenvalue weighted by Gasteiger charge is 2.31. The fourth-order valence-corrected chi connectivity index (χ4v) is 6.02. The first-order chi connectivity index (χ1) is 16.3. The monoisotopic (exact) mass is 471 g/mol. The van der Waals surface area contributed by atoms with Crippen molar-refractivity contribution in [2.75, 3.05) is 16.8 Å². The van der Waals surface area contributed by atoms with E-state index in [4.69, 9.17) is 0 Å². The van der Waals surface area contributed by atoms with Gasteiger partial charge < -0.3 is 5.32 Å². The van der Waals surface area contributed by atoms with E-state index in [0.717, 1.165) is 16.2 Å². The maximum Gasteiger partial charge on any atom is 0.266 e. The molecule has 1 aliphatic heterocycles. The SMILES string of the molecule is Cc1nn(C2CCS(=O)(=O)C2)c2ncc(C=C(C#N)C(=O)Nc3cccc4ccccc34)cc12. The van der Waals surface area contributed by atoms with Crippen LogP contribution in [0.5, 0.6) is 0 Å². The number of hydrogen-bond acceptors (Lipinski definition) is 6. The Labute approximate surface area is 196 Å². The number of aromatic nitrogens is 3. The summed E-state index contributed by atoms with van der Waals surface area (Å²) in [4.78, 5) is 17.4. The first-order valence-electron chi connectivity index (χ1n) is 10.8. The van der Waals surface area contributed by atoms with Gasteiger partial charge in [-0.3, -0.25) is 4.79 Å². The maximum absolute atomic E-state index is 12.9. The van der Waals surface area contributed by atoms with Crippen LogP contribution in [0.3, 0.4) is 0 Å². The molecule has 0 saturated carbocycles. The van der Waals surface area contributed by atoms with E-state index in [9.17, 15) is 18.5 Å². The average Bonchev–Trinajstić information content (AvgIpc) is 3.36. The third kappa shape index (κ3) is 4.04. The lowest BCUT2D eigenvalue weighted by Gasteiger charge is -2.09. The molecule has 4 aromatic rings. The minimum absolute atomic E-state index is 0.0546. The van der Waals surface area contributed by atoms with Gasteiger partial charge in [0.2, 0.25) is 0 Å². The normalized spacial score (nSPS) is 17.6. The number of anilines is 1. The fourth-order valence-electron chi connectivity index (χ4n) is 4.33. The van der Waals surface area contributed by atoms with Gasteiger partial charge in [0.1, 0.15) is 11.6 Å². The lowest BCUT2D eigenvalue weighted by atomic mass is 10.1.